The SMILES string of the molecule is Cc1c(NC(=O)CCCN2CSC(=C3SC(=S)N(CCCC(=O)Nc4c(C)n(C)n(-c5ccccc5)c4=O)C3=O)C2=O)c(=O)n(-c2ccccc2)n1C. The summed E-state index contributed by atoms with van der Waals surface area (Å²) in [5.74, 6) is -1.08. The first kappa shape index (κ1) is 37.6. The molecule has 14 nitrogen and oxygen atoms in total. The van der Waals surface area contributed by atoms with Crippen molar-refractivity contribution in [2.45, 2.75) is 39.5 Å². The van der Waals surface area contributed by atoms with E-state index in [2.05, 4.69) is 10.6 Å². The third-order valence-corrected chi connectivity index (χ3v) is 11.8. The largest absolute Gasteiger partial charge is 0.329 e. The van der Waals surface area contributed by atoms with Crippen LogP contribution in [0.3, 0.4) is 0 Å². The molecule has 2 saturated heterocycles. The Kier molecular flexibility index (Phi) is 11.3. The maximum absolute atomic E-state index is 13.4. The molecule has 6 rings (SSSR count). The lowest BCUT2D eigenvalue weighted by Crippen LogP contribution is -2.31. The highest BCUT2D eigenvalue weighted by Crippen LogP contribution is 2.41. The van der Waals surface area contributed by atoms with Gasteiger partial charge < -0.3 is 15.5 Å². The van der Waals surface area contributed by atoms with E-state index < -0.39 is 0 Å². The maximum Gasteiger partial charge on any atom is 0.295 e. The first-order valence-corrected chi connectivity index (χ1v) is 19.1. The zero-order valence-electron chi connectivity index (χ0n) is 29.6. The first-order chi connectivity index (χ1) is 25.4. The first-order valence-electron chi connectivity index (χ1n) is 16.9. The molecular formula is C36H38N8O6S3. The Balaban J connectivity index is 0.994. The number of carbonyl (C=O) groups excluding carboxylic acids is 4. The average molecular weight is 775 g/mol. The lowest BCUT2D eigenvalue weighted by Gasteiger charge is -2.14. The summed E-state index contributed by atoms with van der Waals surface area (Å²) in [6, 6.07) is 18.3. The standard InChI is InChI=1S/C36H38N8O6S3/c1-22-28(32(47)43(39(22)3)24-13-7-5-8-14-24)37-26(45)17-11-19-41-21-52-30(34(41)49)31-35(50)42(36(51)53-31)20-12-18-27(46)38-29-23(2)40(4)44(33(29)48)25-15-9-6-10-16-25/h5-10,13-16H,11-12,17-21H2,1-4H3,(H,37,45)(H,38,46). The molecule has 2 aliphatic heterocycles. The van der Waals surface area contributed by atoms with Gasteiger partial charge in [-0.1, -0.05) is 72.1 Å². The second kappa shape index (κ2) is 15.9. The fourth-order valence-corrected chi connectivity index (χ4v) is 8.68. The maximum atomic E-state index is 13.4. The van der Waals surface area contributed by atoms with Gasteiger partial charge in [0.05, 0.1) is 38.4 Å². The van der Waals surface area contributed by atoms with E-state index in [0.717, 1.165) is 11.8 Å². The number of nitrogens with zero attached hydrogens (tertiary/aromatic N) is 6. The molecule has 0 spiro atoms. The molecule has 2 N–H and O–H groups in total. The molecule has 2 aliphatic rings. The van der Waals surface area contributed by atoms with E-state index in [1.54, 1.807) is 54.3 Å². The van der Waals surface area contributed by atoms with Crippen molar-refractivity contribution in [1.82, 2.24) is 28.5 Å². The number of aromatic nitrogens is 4. The van der Waals surface area contributed by atoms with Gasteiger partial charge >= 0.3 is 0 Å². The fraction of sp³-hybridized carbons (Fsp3) is 0.306. The van der Waals surface area contributed by atoms with E-state index in [4.69, 9.17) is 12.2 Å². The van der Waals surface area contributed by atoms with Crippen molar-refractivity contribution >= 4 is 75.1 Å². The number of amides is 4. The summed E-state index contributed by atoms with van der Waals surface area (Å²) < 4.78 is 6.64. The molecule has 0 atom stereocenters. The van der Waals surface area contributed by atoms with Crippen LogP contribution in [0, 0.1) is 13.8 Å². The van der Waals surface area contributed by atoms with Gasteiger partial charge in [-0.25, -0.2) is 9.36 Å². The number of thioether (sulfide) groups is 2. The van der Waals surface area contributed by atoms with E-state index in [9.17, 15) is 28.8 Å². The van der Waals surface area contributed by atoms with Crippen molar-refractivity contribution in [3.8, 4) is 11.4 Å². The molecule has 4 aromatic rings. The third-order valence-electron chi connectivity index (χ3n) is 9.16. The van der Waals surface area contributed by atoms with Crippen molar-refractivity contribution in [3.63, 3.8) is 0 Å². The Labute approximate surface area is 318 Å². The van der Waals surface area contributed by atoms with Crippen LogP contribution in [0.5, 0.6) is 0 Å². The number of nitrogens with one attached hydrogen (secondary N) is 2. The highest BCUT2D eigenvalue weighted by molar-refractivity contribution is 8.27. The molecule has 276 valence electrons. The summed E-state index contributed by atoms with van der Waals surface area (Å²) >= 11 is 7.78. The predicted octanol–water partition coefficient (Wildman–Crippen LogP) is 4.02. The van der Waals surface area contributed by atoms with Gasteiger partial charge in [-0.05, 0) is 51.0 Å². The minimum Gasteiger partial charge on any atom is -0.329 e. The minimum absolute atomic E-state index is 0.0457. The van der Waals surface area contributed by atoms with E-state index >= 15 is 0 Å². The van der Waals surface area contributed by atoms with Crippen LogP contribution in [0.1, 0.15) is 37.1 Å². The van der Waals surface area contributed by atoms with Crippen LogP contribution in [0.15, 0.2) is 80.1 Å². The van der Waals surface area contributed by atoms with E-state index in [0.29, 0.717) is 44.3 Å². The Morgan fingerprint density at radius 2 is 1.17 bits per heavy atom. The van der Waals surface area contributed by atoms with Gasteiger partial charge in [-0.2, -0.15) is 0 Å². The summed E-state index contributed by atoms with van der Waals surface area (Å²) in [6.45, 7) is 3.97. The second-order valence-electron chi connectivity index (χ2n) is 12.5. The molecule has 4 heterocycles. The Hall–Kier alpha value is -5.13. The van der Waals surface area contributed by atoms with Crippen molar-refractivity contribution < 1.29 is 19.2 Å². The summed E-state index contributed by atoms with van der Waals surface area (Å²) in [5.41, 5.74) is 2.28. The third kappa shape index (κ3) is 7.54. The van der Waals surface area contributed by atoms with Crippen LogP contribution < -0.4 is 21.8 Å². The Morgan fingerprint density at radius 3 is 1.66 bits per heavy atom. The van der Waals surface area contributed by atoms with Gasteiger partial charge in [-0.3, -0.25) is 43.0 Å². The molecule has 2 aromatic carbocycles. The van der Waals surface area contributed by atoms with Crippen molar-refractivity contribution in [2.24, 2.45) is 14.1 Å². The second-order valence-corrected chi connectivity index (χ2v) is 15.1. The zero-order chi connectivity index (χ0) is 38.0. The monoisotopic (exact) mass is 774 g/mol. The van der Waals surface area contributed by atoms with Crippen molar-refractivity contribution in [2.75, 3.05) is 29.6 Å². The molecule has 17 heteroatoms. The van der Waals surface area contributed by atoms with Gasteiger partial charge in [-0.15, -0.1) is 0 Å². The summed E-state index contributed by atoms with van der Waals surface area (Å²) in [5, 5.41) is 5.48. The van der Waals surface area contributed by atoms with Gasteiger partial charge in [0, 0.05) is 40.0 Å². The molecule has 0 aliphatic carbocycles. The van der Waals surface area contributed by atoms with Crippen LogP contribution >= 0.6 is 35.7 Å². The summed E-state index contributed by atoms with van der Waals surface area (Å²) in [4.78, 5) is 82.2. The van der Waals surface area contributed by atoms with Gasteiger partial charge in [0.15, 0.2) is 0 Å². The lowest BCUT2D eigenvalue weighted by molar-refractivity contribution is -0.126. The molecular weight excluding hydrogens is 737 g/mol. The number of carbonyl (C=O) groups is 4. The molecule has 53 heavy (non-hydrogen) atoms. The van der Waals surface area contributed by atoms with E-state index in [-0.39, 0.29) is 83.4 Å². The average Bonchev–Trinajstić information content (AvgIpc) is 3.78. The molecule has 2 aromatic heterocycles. The van der Waals surface area contributed by atoms with Crippen molar-refractivity contribution in [1.29, 1.82) is 0 Å². The number of thiocarbonyl (C=S) groups is 1. The molecule has 0 radical (unpaired) electrons. The van der Waals surface area contributed by atoms with Gasteiger partial charge in [0.2, 0.25) is 11.8 Å². The number of anilines is 2. The molecule has 0 saturated carbocycles. The van der Waals surface area contributed by atoms with Gasteiger partial charge in [0.1, 0.15) is 15.7 Å². The normalized spacial score (nSPS) is 15.9. The van der Waals surface area contributed by atoms with Crippen LogP contribution in [-0.4, -0.2) is 75.4 Å². The Bertz CT molecular complexity index is 2270. The number of para-hydroxylation sites is 2. The zero-order valence-corrected chi connectivity index (χ0v) is 32.0. The van der Waals surface area contributed by atoms with E-state index in [1.807, 2.05) is 48.5 Å². The smallest absolute Gasteiger partial charge is 0.295 e. The Morgan fingerprint density at radius 1 is 0.698 bits per heavy atom. The van der Waals surface area contributed by atoms with E-state index in [1.165, 1.54) is 26.0 Å². The molecule has 0 bridgehead atoms. The van der Waals surface area contributed by atoms with Gasteiger partial charge in [0.25, 0.3) is 22.9 Å². The van der Waals surface area contributed by atoms with Crippen LogP contribution in [0.4, 0.5) is 11.4 Å². The highest BCUT2D eigenvalue weighted by Gasteiger charge is 2.39. The number of hydrogen-bond acceptors (Lipinski definition) is 9. The van der Waals surface area contributed by atoms with Crippen LogP contribution in [0.2, 0.25) is 0 Å². The number of rotatable bonds is 12. The molecule has 2 fully saturated rings. The molecule has 0 unspecified atom stereocenters. The van der Waals surface area contributed by atoms with Crippen LogP contribution in [-0.2, 0) is 33.3 Å². The fourth-order valence-electron chi connectivity index (χ4n) is 6.12. The number of benzene rings is 2. The quantitative estimate of drug-likeness (QED) is 0.161. The summed E-state index contributed by atoms with van der Waals surface area (Å²) in [7, 11) is 3.49. The van der Waals surface area contributed by atoms with Crippen molar-refractivity contribution in [3.05, 3.63) is 103 Å². The van der Waals surface area contributed by atoms with Crippen LogP contribution in [0.25, 0.3) is 11.4 Å². The lowest BCUT2D eigenvalue weighted by atomic mass is 10.2. The predicted molar refractivity (Wildman–Crippen MR) is 210 cm³/mol. The topological polar surface area (TPSA) is 153 Å². The minimum atomic E-state index is -0.387. The number of hydrogen-bond donors (Lipinski definition) is 2. The molecule has 4 amide bonds. The summed E-state index contributed by atoms with van der Waals surface area (Å²) in [6.07, 6.45) is 0.781. The highest BCUT2D eigenvalue weighted by atomic mass is 32.2.